The highest BCUT2D eigenvalue weighted by atomic mass is 35.5. The number of ether oxygens (including phenoxy) is 2. The van der Waals surface area contributed by atoms with Crippen molar-refractivity contribution >= 4 is 76.7 Å². The zero-order chi connectivity index (χ0) is 36.4. The molecule has 290 valence electrons. The van der Waals surface area contributed by atoms with Gasteiger partial charge in [0.05, 0.1) is 54.3 Å². The first-order valence-corrected chi connectivity index (χ1v) is 19.7. The van der Waals surface area contributed by atoms with Gasteiger partial charge in [0.1, 0.15) is 0 Å². The topological polar surface area (TPSA) is 108 Å². The molecular formula is C38H48Cl4N4O6S. The third kappa shape index (κ3) is 9.09. The van der Waals surface area contributed by atoms with Gasteiger partial charge < -0.3 is 19.7 Å². The Morgan fingerprint density at radius 2 is 1.36 bits per heavy atom. The predicted octanol–water partition coefficient (Wildman–Crippen LogP) is 6.12. The number of carbonyl (C=O) groups excluding carboxylic acids is 3. The van der Waals surface area contributed by atoms with Crippen molar-refractivity contribution in [2.45, 2.75) is 80.9 Å². The molecule has 0 aliphatic carbocycles. The number of piperidine rings is 1. The highest BCUT2D eigenvalue weighted by molar-refractivity contribution is 7.85. The second-order valence-corrected chi connectivity index (χ2v) is 16.2. The molecule has 3 saturated heterocycles. The van der Waals surface area contributed by atoms with Crippen LogP contribution in [0.3, 0.4) is 0 Å². The van der Waals surface area contributed by atoms with Gasteiger partial charge in [0.25, 0.3) is 0 Å². The van der Waals surface area contributed by atoms with Crippen molar-refractivity contribution in [2.24, 2.45) is 0 Å². The molecule has 0 saturated carbocycles. The summed E-state index contributed by atoms with van der Waals surface area (Å²) < 4.78 is 24.2. The van der Waals surface area contributed by atoms with Crippen LogP contribution in [0, 0.1) is 0 Å². The molecule has 1 N–H and O–H groups in total. The van der Waals surface area contributed by atoms with Crippen LogP contribution in [0.1, 0.15) is 57.4 Å². The number of benzene rings is 2. The van der Waals surface area contributed by atoms with E-state index in [4.69, 9.17) is 32.7 Å². The van der Waals surface area contributed by atoms with E-state index >= 15 is 0 Å². The molecule has 3 fully saturated rings. The number of halogens is 4. The number of amides is 1. The molecule has 6 rings (SSSR count). The van der Waals surface area contributed by atoms with E-state index in [0.717, 1.165) is 25.9 Å². The maximum absolute atomic E-state index is 14.1. The Labute approximate surface area is 336 Å². The maximum atomic E-state index is 14.1. The third-order valence-corrected chi connectivity index (χ3v) is 12.8. The van der Waals surface area contributed by atoms with Crippen molar-refractivity contribution in [1.82, 2.24) is 20.0 Å². The van der Waals surface area contributed by atoms with Crippen LogP contribution in [0.2, 0.25) is 10.0 Å². The van der Waals surface area contributed by atoms with Crippen molar-refractivity contribution in [2.75, 3.05) is 46.2 Å². The molecule has 15 heteroatoms. The predicted molar refractivity (Wildman–Crippen MR) is 212 cm³/mol. The lowest BCUT2D eigenvalue weighted by Gasteiger charge is -2.47. The number of methoxy groups -OCH3 is 2. The van der Waals surface area contributed by atoms with Crippen LogP contribution >= 0.6 is 48.0 Å². The Kier molecular flexibility index (Phi) is 15.3. The summed E-state index contributed by atoms with van der Waals surface area (Å²) in [6.07, 6.45) is 4.66. The molecule has 53 heavy (non-hydrogen) atoms. The second-order valence-electron chi connectivity index (χ2n) is 13.9. The van der Waals surface area contributed by atoms with Crippen molar-refractivity contribution < 1.29 is 28.1 Å². The first-order chi connectivity index (χ1) is 24.5. The number of hydrogen-bond acceptors (Lipinski definition) is 9. The van der Waals surface area contributed by atoms with Crippen molar-refractivity contribution in [3.8, 4) is 0 Å². The van der Waals surface area contributed by atoms with E-state index in [2.05, 4.69) is 29.0 Å². The quantitative estimate of drug-likeness (QED) is 0.284. The standard InChI is InChI=1S/C38H46Cl2N4O6S.2ClH/c1-23(2)44-24-13-14-25(44)20-26(19-24)42-15-17-43(18-16-42)32(45)21-30-34(37(46)49-3)36(33-28(39)11-8-12-29(33)40)35(38(47)50-4)31(41-30)22-51(48)27-9-6-5-7-10-27;;/h5-12,23-26,36,41H,13-22H2,1-4H3;2*1H/t24?,25?,26?,36-,51?;;/m0../s1. The first kappa shape index (κ1) is 43.1. The molecule has 4 atom stereocenters. The van der Waals surface area contributed by atoms with Crippen molar-refractivity contribution in [3.63, 3.8) is 0 Å². The minimum atomic E-state index is -1.61. The summed E-state index contributed by atoms with van der Waals surface area (Å²) in [6.45, 7) is 7.27. The molecule has 2 aromatic carbocycles. The maximum Gasteiger partial charge on any atom is 0.336 e. The van der Waals surface area contributed by atoms with E-state index in [1.165, 1.54) is 27.1 Å². The van der Waals surface area contributed by atoms with Gasteiger partial charge in [-0.3, -0.25) is 18.8 Å². The van der Waals surface area contributed by atoms with Crippen molar-refractivity contribution in [1.29, 1.82) is 0 Å². The van der Waals surface area contributed by atoms with Gasteiger partial charge in [-0.1, -0.05) is 47.5 Å². The number of hydrogen-bond donors (Lipinski definition) is 1. The Morgan fingerprint density at radius 3 is 1.89 bits per heavy atom. The highest BCUT2D eigenvalue weighted by Gasteiger charge is 2.45. The molecule has 3 unspecified atom stereocenters. The van der Waals surface area contributed by atoms with E-state index < -0.39 is 28.7 Å². The Hall–Kier alpha value is -2.64. The summed E-state index contributed by atoms with van der Waals surface area (Å²) in [5, 5.41) is 3.61. The molecule has 4 aliphatic rings. The lowest BCUT2D eigenvalue weighted by Crippen LogP contribution is -2.57. The van der Waals surface area contributed by atoms with E-state index in [0.29, 0.717) is 42.2 Å². The number of rotatable bonds is 10. The van der Waals surface area contributed by atoms with Gasteiger partial charge in [0.2, 0.25) is 5.91 Å². The van der Waals surface area contributed by atoms with Crippen LogP contribution in [-0.4, -0.2) is 107 Å². The van der Waals surface area contributed by atoms with E-state index in [9.17, 15) is 18.6 Å². The summed E-state index contributed by atoms with van der Waals surface area (Å²) in [5.41, 5.74) is 0.788. The lowest BCUT2D eigenvalue weighted by molar-refractivity contribution is -0.137. The molecule has 4 heterocycles. The number of fused-ring (bicyclic) bond motifs is 2. The van der Waals surface area contributed by atoms with Crippen LogP contribution in [0.5, 0.6) is 0 Å². The number of dihydropyridines is 1. The molecule has 0 spiro atoms. The molecule has 10 nitrogen and oxygen atoms in total. The Bertz CT molecular complexity index is 1720. The minimum absolute atomic E-state index is 0. The van der Waals surface area contributed by atoms with Crippen LogP contribution in [0.4, 0.5) is 0 Å². The fourth-order valence-electron chi connectivity index (χ4n) is 8.55. The van der Waals surface area contributed by atoms with Gasteiger partial charge in [-0.25, -0.2) is 9.59 Å². The molecule has 0 radical (unpaired) electrons. The monoisotopic (exact) mass is 828 g/mol. The molecular weight excluding hydrogens is 782 g/mol. The molecule has 2 aromatic rings. The number of nitrogens with one attached hydrogen (secondary N) is 1. The Morgan fingerprint density at radius 1 is 0.811 bits per heavy atom. The summed E-state index contributed by atoms with van der Waals surface area (Å²) >= 11 is 13.5. The van der Waals surface area contributed by atoms with Gasteiger partial charge in [0, 0.05) is 82.2 Å². The second kappa shape index (κ2) is 18.8. The average molecular weight is 831 g/mol. The van der Waals surface area contributed by atoms with Crippen molar-refractivity contribution in [3.05, 3.63) is 86.7 Å². The van der Waals surface area contributed by atoms with E-state index in [1.54, 1.807) is 42.5 Å². The summed E-state index contributed by atoms with van der Waals surface area (Å²) in [6, 6.07) is 16.1. The molecule has 4 aliphatic heterocycles. The zero-order valence-corrected chi connectivity index (χ0v) is 34.3. The SMILES string of the molecule is COC(=O)C1=C(CC(=O)N2CCN(C3CC4CCC(C3)N4C(C)C)CC2)NC(CS(=O)c2ccccc2)=C(C(=O)OC)[C@H]1c1c(Cl)cccc1Cl.Cl.Cl. The number of carbonyl (C=O) groups is 3. The minimum Gasteiger partial charge on any atom is -0.466 e. The summed E-state index contributed by atoms with van der Waals surface area (Å²) in [4.78, 5) is 49.1. The van der Waals surface area contributed by atoms with Gasteiger partial charge >= 0.3 is 11.9 Å². The first-order valence-electron chi connectivity index (χ1n) is 17.6. The average Bonchev–Trinajstić information content (AvgIpc) is 3.41. The Balaban J connectivity index is 0.00000314. The summed E-state index contributed by atoms with van der Waals surface area (Å²) in [5.74, 6) is -3.00. The van der Waals surface area contributed by atoms with E-state index in [1.807, 2.05) is 11.0 Å². The molecule has 2 bridgehead atoms. The van der Waals surface area contributed by atoms with E-state index in [-0.39, 0.29) is 81.0 Å². The van der Waals surface area contributed by atoms with Crippen LogP contribution in [-0.2, 0) is 34.7 Å². The van der Waals surface area contributed by atoms with Crippen LogP contribution in [0.15, 0.2) is 76.0 Å². The summed E-state index contributed by atoms with van der Waals surface area (Å²) in [7, 11) is 0.855. The largest absolute Gasteiger partial charge is 0.466 e. The highest BCUT2D eigenvalue weighted by Crippen LogP contribution is 2.46. The molecule has 1 amide bonds. The van der Waals surface area contributed by atoms with Gasteiger partial charge in [-0.2, -0.15) is 0 Å². The van der Waals surface area contributed by atoms with Gasteiger partial charge in [-0.05, 0) is 63.8 Å². The third-order valence-electron chi connectivity index (χ3n) is 10.8. The van der Waals surface area contributed by atoms with Crippen LogP contribution < -0.4 is 5.32 Å². The number of nitrogens with zero attached hydrogens (tertiary/aromatic N) is 3. The smallest absolute Gasteiger partial charge is 0.336 e. The van der Waals surface area contributed by atoms with Gasteiger partial charge in [0.15, 0.2) is 0 Å². The fourth-order valence-corrected chi connectivity index (χ4v) is 10.3. The molecule has 0 aromatic heterocycles. The fraction of sp³-hybridized carbons (Fsp3) is 0.500. The lowest BCUT2D eigenvalue weighted by atomic mass is 9.79. The number of esters is 2. The number of piperazine rings is 1. The van der Waals surface area contributed by atoms with Gasteiger partial charge in [-0.15, -0.1) is 24.8 Å². The normalized spacial score (nSPS) is 23.9. The van der Waals surface area contributed by atoms with Crippen LogP contribution in [0.25, 0.3) is 0 Å². The zero-order valence-electron chi connectivity index (χ0n) is 30.3.